The minimum Gasteiger partial charge on any atom is -0.464 e. The molecule has 2 aromatic carbocycles. The van der Waals surface area contributed by atoms with E-state index in [2.05, 4.69) is 10.6 Å². The molecule has 2 rings (SSSR count). The van der Waals surface area contributed by atoms with Crippen LogP contribution in [0.1, 0.15) is 35.8 Å². The molecule has 0 heterocycles. The Balaban J connectivity index is 1.95. The van der Waals surface area contributed by atoms with Crippen LogP contribution in [0.4, 0.5) is 5.69 Å². The van der Waals surface area contributed by atoms with Crippen molar-refractivity contribution in [1.29, 1.82) is 0 Å². The van der Waals surface area contributed by atoms with Crippen LogP contribution in [-0.4, -0.2) is 30.4 Å². The van der Waals surface area contributed by atoms with Crippen molar-refractivity contribution in [2.45, 2.75) is 25.9 Å². The summed E-state index contributed by atoms with van der Waals surface area (Å²) in [6.07, 6.45) is 0. The molecule has 7 heteroatoms. The van der Waals surface area contributed by atoms with Crippen LogP contribution in [-0.2, 0) is 14.3 Å². The molecule has 7 nitrogen and oxygen atoms in total. The highest BCUT2D eigenvalue weighted by Gasteiger charge is 2.18. The van der Waals surface area contributed by atoms with Crippen molar-refractivity contribution in [1.82, 2.24) is 5.32 Å². The Hall–Kier alpha value is -3.19. The van der Waals surface area contributed by atoms with E-state index in [9.17, 15) is 14.4 Å². The van der Waals surface area contributed by atoms with E-state index in [0.29, 0.717) is 16.8 Å². The molecule has 0 aromatic heterocycles. The number of carbonyl (C=O) groups excluding carboxylic acids is 3. The van der Waals surface area contributed by atoms with Gasteiger partial charge in [0.05, 0.1) is 6.61 Å². The van der Waals surface area contributed by atoms with E-state index < -0.39 is 24.0 Å². The Bertz CT molecular complexity index is 791. The van der Waals surface area contributed by atoms with Gasteiger partial charge in [-0.15, -0.1) is 0 Å². The maximum atomic E-state index is 12.2. The van der Waals surface area contributed by atoms with Crippen LogP contribution in [0.25, 0.3) is 0 Å². The fraction of sp³-hybridized carbons (Fsp3) is 0.250. The third-order valence-electron chi connectivity index (χ3n) is 3.84. The van der Waals surface area contributed by atoms with E-state index in [-0.39, 0.29) is 12.5 Å². The number of ether oxygens (including phenoxy) is 1. The zero-order chi connectivity index (χ0) is 19.8. The van der Waals surface area contributed by atoms with Crippen LogP contribution in [0.15, 0.2) is 54.6 Å². The first kappa shape index (κ1) is 20.1. The maximum Gasteiger partial charge on any atom is 0.328 e. The molecular weight excluding hydrogens is 346 g/mol. The third kappa shape index (κ3) is 5.65. The van der Waals surface area contributed by atoms with E-state index in [1.165, 1.54) is 0 Å². The number of nitrogens with one attached hydrogen (secondary N) is 2. The number of rotatable bonds is 7. The number of hydrogen-bond acceptors (Lipinski definition) is 5. The molecule has 0 aliphatic rings. The van der Waals surface area contributed by atoms with E-state index in [1.807, 2.05) is 18.2 Å². The normalized spacial score (nSPS) is 12.6. The van der Waals surface area contributed by atoms with E-state index >= 15 is 0 Å². The van der Waals surface area contributed by atoms with Crippen LogP contribution in [0.2, 0.25) is 0 Å². The van der Waals surface area contributed by atoms with Gasteiger partial charge in [-0.2, -0.15) is 0 Å². The second-order valence-corrected chi connectivity index (χ2v) is 5.90. The van der Waals surface area contributed by atoms with Gasteiger partial charge >= 0.3 is 5.97 Å². The van der Waals surface area contributed by atoms with Crippen molar-refractivity contribution in [2.24, 2.45) is 5.73 Å². The highest BCUT2D eigenvalue weighted by molar-refractivity contribution is 5.98. The first-order valence-corrected chi connectivity index (χ1v) is 8.61. The van der Waals surface area contributed by atoms with Crippen LogP contribution in [0.3, 0.4) is 0 Å². The van der Waals surface area contributed by atoms with Gasteiger partial charge in [0.25, 0.3) is 5.91 Å². The summed E-state index contributed by atoms with van der Waals surface area (Å²) in [6, 6.07) is 13.8. The van der Waals surface area contributed by atoms with Crippen molar-refractivity contribution >= 4 is 23.5 Å². The molecule has 2 atom stereocenters. The maximum absolute atomic E-state index is 12.2. The summed E-state index contributed by atoms with van der Waals surface area (Å²) in [5.74, 6) is -1.26. The molecule has 2 amide bonds. The molecule has 0 saturated carbocycles. The molecule has 27 heavy (non-hydrogen) atoms. The lowest BCUT2D eigenvalue weighted by molar-refractivity contribution is -0.144. The molecule has 0 spiro atoms. The molecule has 0 bridgehead atoms. The van der Waals surface area contributed by atoms with E-state index in [1.54, 1.807) is 50.2 Å². The zero-order valence-electron chi connectivity index (χ0n) is 15.3. The molecule has 142 valence electrons. The first-order valence-electron chi connectivity index (χ1n) is 8.61. The minimum absolute atomic E-state index is 0.249. The van der Waals surface area contributed by atoms with Gasteiger partial charge in [-0.05, 0) is 43.7 Å². The standard InChI is InChI=1S/C20H23N3O4/c1-3-27-20(26)13(2)22-18(24)15-9-11-16(12-10-15)23-19(25)17(21)14-7-5-4-6-8-14/h4-13,17H,3,21H2,1-2H3,(H,22,24)(H,23,25). The molecule has 0 aliphatic heterocycles. The summed E-state index contributed by atoms with van der Waals surface area (Å²) in [6.45, 7) is 3.50. The summed E-state index contributed by atoms with van der Waals surface area (Å²) in [5.41, 5.74) is 7.53. The van der Waals surface area contributed by atoms with Crippen LogP contribution >= 0.6 is 0 Å². The molecule has 2 aromatic rings. The second kappa shape index (κ2) is 9.49. The quantitative estimate of drug-likeness (QED) is 0.647. The van der Waals surface area contributed by atoms with Gasteiger partial charge in [-0.3, -0.25) is 9.59 Å². The van der Waals surface area contributed by atoms with Gasteiger partial charge in [-0.1, -0.05) is 30.3 Å². The molecule has 0 aliphatic carbocycles. The van der Waals surface area contributed by atoms with Crippen molar-refractivity contribution in [3.05, 3.63) is 65.7 Å². The summed E-state index contributed by atoms with van der Waals surface area (Å²) in [5, 5.41) is 5.27. The van der Waals surface area contributed by atoms with Gasteiger partial charge in [0, 0.05) is 11.3 Å². The molecular formula is C20H23N3O4. The molecule has 0 saturated heterocycles. The lowest BCUT2D eigenvalue weighted by Gasteiger charge is -2.14. The minimum atomic E-state index is -0.792. The number of nitrogens with two attached hydrogens (primary N) is 1. The Morgan fingerprint density at radius 3 is 2.26 bits per heavy atom. The highest BCUT2D eigenvalue weighted by atomic mass is 16.5. The topological polar surface area (TPSA) is 111 Å². The van der Waals surface area contributed by atoms with E-state index in [4.69, 9.17) is 10.5 Å². The molecule has 4 N–H and O–H groups in total. The average molecular weight is 369 g/mol. The first-order chi connectivity index (χ1) is 12.9. The lowest BCUT2D eigenvalue weighted by Crippen LogP contribution is -2.39. The Morgan fingerprint density at radius 1 is 1.04 bits per heavy atom. The van der Waals surface area contributed by atoms with Gasteiger partial charge in [0.2, 0.25) is 5.91 Å². The summed E-state index contributed by atoms with van der Waals surface area (Å²) >= 11 is 0. The average Bonchev–Trinajstić information content (AvgIpc) is 2.68. The fourth-order valence-corrected chi connectivity index (χ4v) is 2.34. The van der Waals surface area contributed by atoms with Crippen molar-refractivity contribution < 1.29 is 19.1 Å². The summed E-state index contributed by atoms with van der Waals surface area (Å²) in [4.78, 5) is 36.0. The lowest BCUT2D eigenvalue weighted by atomic mass is 10.1. The highest BCUT2D eigenvalue weighted by Crippen LogP contribution is 2.15. The SMILES string of the molecule is CCOC(=O)C(C)NC(=O)c1ccc(NC(=O)C(N)c2ccccc2)cc1. The van der Waals surface area contributed by atoms with Gasteiger partial charge in [-0.25, -0.2) is 4.79 Å². The largest absolute Gasteiger partial charge is 0.464 e. The number of anilines is 1. The second-order valence-electron chi connectivity index (χ2n) is 5.90. The van der Waals surface area contributed by atoms with Crippen molar-refractivity contribution in [3.8, 4) is 0 Å². The number of amides is 2. The fourth-order valence-electron chi connectivity index (χ4n) is 2.34. The monoisotopic (exact) mass is 369 g/mol. The Labute approximate surface area is 157 Å². The zero-order valence-corrected chi connectivity index (χ0v) is 15.3. The number of benzene rings is 2. The predicted octanol–water partition coefficient (Wildman–Crippen LogP) is 2.01. The van der Waals surface area contributed by atoms with Crippen LogP contribution < -0.4 is 16.4 Å². The summed E-state index contributed by atoms with van der Waals surface area (Å²) < 4.78 is 4.85. The van der Waals surface area contributed by atoms with Gasteiger partial charge in [0.1, 0.15) is 12.1 Å². The van der Waals surface area contributed by atoms with Crippen molar-refractivity contribution in [3.63, 3.8) is 0 Å². The van der Waals surface area contributed by atoms with Crippen LogP contribution in [0, 0.1) is 0 Å². The van der Waals surface area contributed by atoms with Crippen molar-refractivity contribution in [2.75, 3.05) is 11.9 Å². The van der Waals surface area contributed by atoms with Gasteiger partial charge < -0.3 is 21.1 Å². The van der Waals surface area contributed by atoms with E-state index in [0.717, 1.165) is 0 Å². The number of carbonyl (C=O) groups is 3. The molecule has 0 radical (unpaired) electrons. The number of esters is 1. The predicted molar refractivity (Wildman–Crippen MR) is 102 cm³/mol. The number of hydrogen-bond donors (Lipinski definition) is 3. The molecule has 0 fully saturated rings. The molecule has 2 unspecified atom stereocenters. The Morgan fingerprint density at radius 2 is 1.67 bits per heavy atom. The van der Waals surface area contributed by atoms with Crippen LogP contribution in [0.5, 0.6) is 0 Å². The smallest absolute Gasteiger partial charge is 0.328 e. The van der Waals surface area contributed by atoms with Gasteiger partial charge in [0.15, 0.2) is 0 Å². The summed E-state index contributed by atoms with van der Waals surface area (Å²) in [7, 11) is 0. The third-order valence-corrected chi connectivity index (χ3v) is 3.84. The Kier molecular flexibility index (Phi) is 7.08.